The van der Waals surface area contributed by atoms with E-state index in [1.165, 1.54) is 13.2 Å². The first-order chi connectivity index (χ1) is 5.56. The van der Waals surface area contributed by atoms with Crippen LogP contribution in [0.15, 0.2) is 23.9 Å². The zero-order valence-electron chi connectivity index (χ0n) is 6.70. The Kier molecular flexibility index (Phi) is 3.13. The van der Waals surface area contributed by atoms with E-state index in [2.05, 4.69) is 7.87 Å². The lowest BCUT2D eigenvalue weighted by Gasteiger charge is -2.04. The lowest BCUT2D eigenvalue weighted by Crippen LogP contribution is -2.19. The summed E-state index contributed by atoms with van der Waals surface area (Å²) in [7, 11) is -1.90. The highest BCUT2D eigenvalue weighted by atomic mass is 127. The van der Waals surface area contributed by atoms with Crippen LogP contribution < -0.4 is 4.72 Å². The number of nitrogens with one attached hydrogen (secondary N) is 1. The van der Waals surface area contributed by atoms with Gasteiger partial charge in [-0.3, -0.25) is 0 Å². The molecule has 6 heteroatoms. The third-order valence-corrected chi connectivity index (χ3v) is 4.29. The summed E-state index contributed by atoms with van der Waals surface area (Å²) in [5.74, 6) is 0. The molecule has 0 radical (unpaired) electrons. The van der Waals surface area contributed by atoms with E-state index in [4.69, 9.17) is 0 Å². The molecule has 0 bridgehead atoms. The molecule has 0 spiro atoms. The topological polar surface area (TPSA) is 58.5 Å². The van der Waals surface area contributed by atoms with Gasteiger partial charge in [0, 0.05) is 24.6 Å². The van der Waals surface area contributed by atoms with Crippen LogP contribution in [0.25, 0.3) is 0 Å². The lowest BCUT2D eigenvalue weighted by atomic mass is 10.5. The molecule has 0 aliphatic carbocycles. The predicted molar refractivity (Wildman–Crippen MR) is 56.3 cm³/mol. The second-order valence-corrected chi connectivity index (χ2v) is 6.78. The maximum absolute atomic E-state index is 11.2. The highest BCUT2D eigenvalue weighted by Crippen LogP contribution is 2.25. The van der Waals surface area contributed by atoms with Gasteiger partial charge in [-0.15, -0.1) is 0 Å². The van der Waals surface area contributed by atoms with Crippen molar-refractivity contribution in [1.82, 2.24) is 4.72 Å². The first-order valence-electron chi connectivity index (χ1n) is 3.22. The Morgan fingerprint density at radius 3 is 2.75 bits per heavy atom. The van der Waals surface area contributed by atoms with Crippen molar-refractivity contribution >= 4 is 31.1 Å². The van der Waals surface area contributed by atoms with Crippen LogP contribution in [0.2, 0.25) is 0 Å². The van der Waals surface area contributed by atoms with Crippen LogP contribution in [-0.2, 0) is 10.0 Å². The van der Waals surface area contributed by atoms with Crippen LogP contribution in [0.4, 0.5) is 0 Å². The zero-order valence-corrected chi connectivity index (χ0v) is 9.68. The average molecular weight is 300 g/mol. The van der Waals surface area contributed by atoms with Crippen molar-refractivity contribution in [2.45, 2.75) is 6.92 Å². The fourth-order valence-electron chi connectivity index (χ4n) is 0.672. The summed E-state index contributed by atoms with van der Waals surface area (Å²) in [6, 6.07) is 0. The van der Waals surface area contributed by atoms with Crippen LogP contribution in [-0.4, -0.2) is 15.5 Å². The Hall–Kier alpha value is -0.0800. The largest absolute Gasteiger partial charge is 0.241 e. The second-order valence-electron chi connectivity index (χ2n) is 2.15. The van der Waals surface area contributed by atoms with Gasteiger partial charge in [-0.1, -0.05) is 0 Å². The molecule has 1 heterocycles. The Bertz CT molecular complexity index is 367. The van der Waals surface area contributed by atoms with Crippen molar-refractivity contribution in [3.8, 4) is 0 Å². The van der Waals surface area contributed by atoms with Gasteiger partial charge in [-0.25, -0.2) is 16.3 Å². The number of hydrogen-bond donors (Lipinski definition) is 1. The molecule has 0 unspecified atom stereocenters. The predicted octanol–water partition coefficient (Wildman–Crippen LogP) is 1.45. The standard InChI is InChI=1S/C6H9IN2O2S/c1-5-3-6(4-9-7-5)12(10,11)8-2/h3-4,8H,1-2H3. The maximum Gasteiger partial charge on any atom is 0.241 e. The van der Waals surface area contributed by atoms with E-state index in [1.807, 2.05) is 6.92 Å². The van der Waals surface area contributed by atoms with Crippen molar-refractivity contribution in [3.63, 3.8) is 0 Å². The molecule has 0 fully saturated rings. The smallest absolute Gasteiger partial charge is 0.229 e. The molecule has 1 aliphatic rings. The van der Waals surface area contributed by atoms with Gasteiger partial charge in [0.15, 0.2) is 0 Å². The minimum absolute atomic E-state index is 0.258. The first kappa shape index (κ1) is 10.0. The van der Waals surface area contributed by atoms with Crippen molar-refractivity contribution in [2.75, 3.05) is 7.05 Å². The van der Waals surface area contributed by atoms with E-state index in [1.54, 1.807) is 6.08 Å². The summed E-state index contributed by atoms with van der Waals surface area (Å²) in [5, 5.41) is 0. The Morgan fingerprint density at radius 2 is 2.25 bits per heavy atom. The number of rotatable bonds is 2. The van der Waals surface area contributed by atoms with E-state index < -0.39 is 10.0 Å². The van der Waals surface area contributed by atoms with E-state index in [9.17, 15) is 8.42 Å². The Balaban J connectivity index is 3.09. The molecule has 0 aromatic heterocycles. The van der Waals surface area contributed by atoms with Crippen LogP contribution in [0.3, 0.4) is 0 Å². The summed E-state index contributed by atoms with van der Waals surface area (Å²) >= 11 is -0.311. The van der Waals surface area contributed by atoms with Crippen LogP contribution in [0.5, 0.6) is 0 Å². The summed E-state index contributed by atoms with van der Waals surface area (Å²) in [6.07, 6.45) is 3.10. The fourth-order valence-corrected chi connectivity index (χ4v) is 3.18. The average Bonchev–Trinajstić information content (AvgIpc) is 2.05. The number of hydrogen-bond acceptors (Lipinski definition) is 3. The number of sulfonamides is 1. The first-order valence-corrected chi connectivity index (χ1v) is 6.75. The van der Waals surface area contributed by atoms with E-state index in [-0.39, 0.29) is 25.9 Å². The van der Waals surface area contributed by atoms with E-state index >= 15 is 0 Å². The monoisotopic (exact) mass is 300 g/mol. The van der Waals surface area contributed by atoms with Gasteiger partial charge < -0.3 is 0 Å². The summed E-state index contributed by atoms with van der Waals surface area (Å²) < 4.78 is 29.8. The second kappa shape index (κ2) is 3.75. The third kappa shape index (κ3) is 2.20. The molecule has 0 saturated carbocycles. The van der Waals surface area contributed by atoms with Gasteiger partial charge in [0.1, 0.15) is 4.91 Å². The molecule has 68 valence electrons. The molecule has 1 rings (SSSR count). The zero-order chi connectivity index (χ0) is 9.19. The molecular weight excluding hydrogens is 291 g/mol. The number of halogens is 1. The minimum atomic E-state index is -3.30. The molecule has 0 amide bonds. The molecule has 1 N–H and O–H groups in total. The molecule has 0 aromatic rings. The highest BCUT2D eigenvalue weighted by Gasteiger charge is 2.14. The van der Waals surface area contributed by atoms with E-state index in [0.717, 1.165) is 3.58 Å². The van der Waals surface area contributed by atoms with Gasteiger partial charge >= 0.3 is 0 Å². The SMILES string of the molecule is CNS(=O)(=O)C1=CN=IC(C)=C1. The summed E-state index contributed by atoms with van der Waals surface area (Å²) in [6.45, 7) is 1.90. The fraction of sp³-hybridized carbons (Fsp3) is 0.333. The summed E-state index contributed by atoms with van der Waals surface area (Å²) in [5.41, 5.74) is 0. The molecule has 0 atom stereocenters. The molecule has 12 heavy (non-hydrogen) atoms. The highest BCUT2D eigenvalue weighted by molar-refractivity contribution is 14.2. The van der Waals surface area contributed by atoms with Crippen molar-refractivity contribution in [2.24, 2.45) is 3.15 Å². The molecular formula is C6H9IN2O2S. The van der Waals surface area contributed by atoms with Gasteiger partial charge in [0.2, 0.25) is 10.0 Å². The maximum atomic E-state index is 11.2. The molecule has 0 saturated heterocycles. The van der Waals surface area contributed by atoms with Gasteiger partial charge in [0.25, 0.3) is 0 Å². The van der Waals surface area contributed by atoms with Crippen LogP contribution in [0.1, 0.15) is 6.92 Å². The Morgan fingerprint density at radius 1 is 1.58 bits per heavy atom. The number of nitrogens with zero attached hydrogens (tertiary/aromatic N) is 1. The molecule has 1 aliphatic heterocycles. The van der Waals surface area contributed by atoms with Crippen LogP contribution >= 0.6 is 21.0 Å². The number of allylic oxidation sites excluding steroid dienone is 2. The van der Waals surface area contributed by atoms with Crippen LogP contribution in [0, 0.1) is 0 Å². The lowest BCUT2D eigenvalue weighted by molar-refractivity contribution is 0.595. The Labute approximate surface area is 82.0 Å². The normalized spacial score (nSPS) is 17.8. The molecule has 0 aromatic carbocycles. The van der Waals surface area contributed by atoms with Gasteiger partial charge in [-0.05, 0) is 20.0 Å². The van der Waals surface area contributed by atoms with Crippen molar-refractivity contribution in [3.05, 3.63) is 20.8 Å². The van der Waals surface area contributed by atoms with Gasteiger partial charge in [0.05, 0.1) is 6.20 Å². The molecule has 4 nitrogen and oxygen atoms in total. The minimum Gasteiger partial charge on any atom is -0.229 e. The van der Waals surface area contributed by atoms with E-state index in [0.29, 0.717) is 0 Å². The van der Waals surface area contributed by atoms with Gasteiger partial charge in [-0.2, -0.15) is 0 Å². The van der Waals surface area contributed by atoms with Crippen molar-refractivity contribution in [1.29, 1.82) is 0 Å². The van der Waals surface area contributed by atoms with Crippen molar-refractivity contribution < 1.29 is 8.42 Å². The third-order valence-electron chi connectivity index (χ3n) is 1.28. The summed E-state index contributed by atoms with van der Waals surface area (Å²) in [4.78, 5) is 0.258. The quantitative estimate of drug-likeness (QED) is 0.785.